The molecule has 1 rings (SSSR count). The topological polar surface area (TPSA) is 12.0 Å². The van der Waals surface area contributed by atoms with Crippen LogP contribution in [0.15, 0.2) is 60.5 Å². The molecule has 1 aromatic rings. The van der Waals surface area contributed by atoms with E-state index in [0.717, 1.165) is 11.4 Å². The Bertz CT molecular complexity index is 329. The number of allylic oxidation sites excluding steroid dienone is 3. The molecule has 0 saturated heterocycles. The first-order valence-corrected chi connectivity index (χ1v) is 4.17. The average Bonchev–Trinajstić information content (AvgIpc) is 2.16. The Morgan fingerprint density at radius 2 is 2.08 bits per heavy atom. The van der Waals surface area contributed by atoms with E-state index in [-0.39, 0.29) is 0 Å². The van der Waals surface area contributed by atoms with E-state index in [1.54, 1.807) is 6.08 Å². The van der Waals surface area contributed by atoms with Gasteiger partial charge in [0.25, 0.3) is 0 Å². The average molecular weight is 171 g/mol. The minimum Gasteiger partial charge on any atom is -0.359 e. The molecule has 0 heterocycles. The molecule has 1 heteroatoms. The number of rotatable bonds is 3. The first-order chi connectivity index (χ1) is 6.33. The van der Waals surface area contributed by atoms with Gasteiger partial charge in [-0.1, -0.05) is 24.8 Å². The summed E-state index contributed by atoms with van der Waals surface area (Å²) < 4.78 is 0. The van der Waals surface area contributed by atoms with Gasteiger partial charge < -0.3 is 5.32 Å². The lowest BCUT2D eigenvalue weighted by Crippen LogP contribution is -1.93. The van der Waals surface area contributed by atoms with Crippen LogP contribution in [0.2, 0.25) is 0 Å². The smallest absolute Gasteiger partial charge is 0.0381 e. The van der Waals surface area contributed by atoms with E-state index >= 15 is 0 Å². The molecule has 0 saturated carbocycles. The molecule has 0 aliphatic rings. The van der Waals surface area contributed by atoms with Crippen LogP contribution in [0.1, 0.15) is 6.92 Å². The molecule has 0 bridgehead atoms. The van der Waals surface area contributed by atoms with Gasteiger partial charge in [0.05, 0.1) is 0 Å². The maximum atomic E-state index is 3.49. The van der Waals surface area contributed by atoms with Crippen molar-refractivity contribution in [3.63, 3.8) is 0 Å². The Labute approximate surface area is 79.1 Å². The van der Waals surface area contributed by atoms with Crippen LogP contribution in [0.25, 0.3) is 0 Å². The number of anilines is 1. The van der Waals surface area contributed by atoms with Gasteiger partial charge in [0.2, 0.25) is 0 Å². The first kappa shape index (κ1) is 9.37. The van der Waals surface area contributed by atoms with Crippen LogP contribution in [0.4, 0.5) is 5.69 Å². The van der Waals surface area contributed by atoms with E-state index in [1.807, 2.05) is 43.3 Å². The Kier molecular flexibility index (Phi) is 3.62. The Hall–Kier alpha value is -1.72. The molecule has 0 amide bonds. The lowest BCUT2D eigenvalue weighted by molar-refractivity contribution is 1.38. The van der Waals surface area contributed by atoms with Crippen LogP contribution in [0, 0.1) is 0 Å². The molecule has 0 aliphatic carbocycles. The van der Waals surface area contributed by atoms with Crippen molar-refractivity contribution in [2.75, 3.05) is 5.32 Å². The fraction of sp³-hybridized carbons (Fsp3) is 0.0833. The van der Waals surface area contributed by atoms with Crippen LogP contribution < -0.4 is 5.32 Å². The molecular weight excluding hydrogens is 158 g/mol. The van der Waals surface area contributed by atoms with E-state index in [0.29, 0.717) is 0 Å². The zero-order valence-corrected chi connectivity index (χ0v) is 7.75. The maximum absolute atomic E-state index is 3.49. The van der Waals surface area contributed by atoms with Gasteiger partial charge in [-0.05, 0) is 31.2 Å². The summed E-state index contributed by atoms with van der Waals surface area (Å²) in [5, 5.41) is 3.24. The van der Waals surface area contributed by atoms with Crippen molar-refractivity contribution in [3.8, 4) is 0 Å². The second-order valence-electron chi connectivity index (χ2n) is 2.71. The fourth-order valence-corrected chi connectivity index (χ4v) is 0.975. The standard InChI is InChI=1S/C12H13N/c1-3-4-8-11(2)13-12-9-6-5-7-10-12/h4-10,13H,1H2,2H3. The number of benzene rings is 1. The van der Waals surface area contributed by atoms with Crippen LogP contribution in [-0.2, 0) is 0 Å². The van der Waals surface area contributed by atoms with Gasteiger partial charge >= 0.3 is 0 Å². The molecular formula is C12H13N. The fourth-order valence-electron chi connectivity index (χ4n) is 0.975. The van der Waals surface area contributed by atoms with Crippen LogP contribution >= 0.6 is 0 Å². The summed E-state index contributed by atoms with van der Waals surface area (Å²) in [6.07, 6.45) is 3.71. The minimum atomic E-state index is 1.07. The van der Waals surface area contributed by atoms with Gasteiger partial charge in [-0.2, -0.15) is 0 Å². The maximum Gasteiger partial charge on any atom is 0.0381 e. The van der Waals surface area contributed by atoms with Gasteiger partial charge in [0, 0.05) is 11.4 Å². The molecule has 0 radical (unpaired) electrons. The summed E-state index contributed by atoms with van der Waals surface area (Å²) in [6, 6.07) is 10.0. The largest absolute Gasteiger partial charge is 0.359 e. The molecule has 1 aromatic carbocycles. The molecule has 0 atom stereocenters. The van der Waals surface area contributed by atoms with Gasteiger partial charge in [0.1, 0.15) is 0 Å². The van der Waals surface area contributed by atoms with Gasteiger partial charge in [-0.15, -0.1) is 5.73 Å². The van der Waals surface area contributed by atoms with Crippen LogP contribution in [-0.4, -0.2) is 0 Å². The van der Waals surface area contributed by atoms with Crippen molar-refractivity contribution >= 4 is 5.69 Å². The van der Waals surface area contributed by atoms with Gasteiger partial charge in [-0.25, -0.2) is 0 Å². The molecule has 0 aromatic heterocycles. The summed E-state index contributed by atoms with van der Waals surface area (Å²) in [6.45, 7) is 5.49. The molecule has 13 heavy (non-hydrogen) atoms. The Morgan fingerprint density at radius 1 is 1.38 bits per heavy atom. The summed E-state index contributed by atoms with van der Waals surface area (Å²) in [4.78, 5) is 0. The second-order valence-corrected chi connectivity index (χ2v) is 2.71. The monoisotopic (exact) mass is 171 g/mol. The molecule has 0 fully saturated rings. The highest BCUT2D eigenvalue weighted by atomic mass is 14.9. The molecule has 0 aliphatic heterocycles. The summed E-state index contributed by atoms with van der Waals surface area (Å²) in [5.41, 5.74) is 4.86. The third kappa shape index (κ3) is 3.46. The molecule has 0 unspecified atom stereocenters. The predicted octanol–water partition coefficient (Wildman–Crippen LogP) is 3.34. The van der Waals surface area contributed by atoms with Crippen molar-refractivity contribution in [2.24, 2.45) is 0 Å². The highest BCUT2D eigenvalue weighted by Crippen LogP contribution is 2.08. The van der Waals surface area contributed by atoms with Gasteiger partial charge in [-0.3, -0.25) is 0 Å². The lowest BCUT2D eigenvalue weighted by Gasteiger charge is -2.04. The first-order valence-electron chi connectivity index (χ1n) is 4.17. The predicted molar refractivity (Wildman–Crippen MR) is 57.5 cm³/mol. The Morgan fingerprint density at radius 3 is 2.69 bits per heavy atom. The normalized spacial score (nSPS) is 10.4. The zero-order chi connectivity index (χ0) is 9.52. The van der Waals surface area contributed by atoms with Crippen molar-refractivity contribution in [1.29, 1.82) is 0 Å². The van der Waals surface area contributed by atoms with E-state index < -0.39 is 0 Å². The van der Waals surface area contributed by atoms with Crippen LogP contribution in [0.5, 0.6) is 0 Å². The zero-order valence-electron chi connectivity index (χ0n) is 7.75. The summed E-state index contributed by atoms with van der Waals surface area (Å²) in [5.74, 6) is 0. The Balaban J connectivity index is 2.65. The lowest BCUT2D eigenvalue weighted by atomic mass is 10.3. The molecule has 1 N–H and O–H groups in total. The minimum absolute atomic E-state index is 1.07. The molecule has 66 valence electrons. The highest BCUT2D eigenvalue weighted by molar-refractivity contribution is 5.47. The summed E-state index contributed by atoms with van der Waals surface area (Å²) >= 11 is 0. The number of hydrogen-bond donors (Lipinski definition) is 1. The third-order valence-corrected chi connectivity index (χ3v) is 1.57. The SMILES string of the molecule is C=C=CC=C(C)Nc1ccccc1. The van der Waals surface area contributed by atoms with E-state index in [9.17, 15) is 0 Å². The molecule has 1 nitrogen and oxygen atoms in total. The van der Waals surface area contributed by atoms with Gasteiger partial charge in [0.15, 0.2) is 0 Å². The van der Waals surface area contributed by atoms with E-state index in [1.165, 1.54) is 0 Å². The van der Waals surface area contributed by atoms with Crippen molar-refractivity contribution < 1.29 is 0 Å². The van der Waals surface area contributed by atoms with E-state index in [2.05, 4.69) is 17.6 Å². The number of para-hydroxylation sites is 1. The van der Waals surface area contributed by atoms with Crippen LogP contribution in [0.3, 0.4) is 0 Å². The summed E-state index contributed by atoms with van der Waals surface area (Å²) in [7, 11) is 0. The number of hydrogen-bond acceptors (Lipinski definition) is 1. The van der Waals surface area contributed by atoms with Crippen molar-refractivity contribution in [2.45, 2.75) is 6.92 Å². The second kappa shape index (κ2) is 5.02. The quantitative estimate of drug-likeness (QED) is 0.543. The number of nitrogens with one attached hydrogen (secondary N) is 1. The molecule has 0 spiro atoms. The highest BCUT2D eigenvalue weighted by Gasteiger charge is 1.88. The van der Waals surface area contributed by atoms with E-state index in [4.69, 9.17) is 0 Å². The van der Waals surface area contributed by atoms with Crippen molar-refractivity contribution in [1.82, 2.24) is 0 Å². The van der Waals surface area contributed by atoms with Crippen molar-refractivity contribution in [3.05, 3.63) is 60.5 Å². The third-order valence-electron chi connectivity index (χ3n) is 1.57.